The molecule has 0 amide bonds. The number of benzene rings is 1. The van der Waals surface area contributed by atoms with Crippen LogP contribution in [0.4, 0.5) is 0 Å². The van der Waals surface area contributed by atoms with Crippen LogP contribution in [0.1, 0.15) is 106 Å². The van der Waals surface area contributed by atoms with Gasteiger partial charge < -0.3 is 20.1 Å². The zero-order valence-electron chi connectivity index (χ0n) is 17.9. The SMILES string of the molecule is CCCCCCCCOc1c(CCCC)c(CCCC)c(O)c(O)c1C(=O)O. The summed E-state index contributed by atoms with van der Waals surface area (Å²) in [6, 6.07) is 0. The normalized spacial score (nSPS) is 11.0. The molecule has 0 aliphatic heterocycles. The van der Waals surface area contributed by atoms with E-state index in [-0.39, 0.29) is 17.1 Å². The van der Waals surface area contributed by atoms with Gasteiger partial charge in [-0.15, -0.1) is 0 Å². The maximum absolute atomic E-state index is 11.8. The predicted octanol–water partition coefficient (Wildman–Crippen LogP) is 6.22. The lowest BCUT2D eigenvalue weighted by Crippen LogP contribution is -2.11. The van der Waals surface area contributed by atoms with Gasteiger partial charge in [-0.25, -0.2) is 4.79 Å². The van der Waals surface area contributed by atoms with E-state index in [1.807, 2.05) is 0 Å². The zero-order valence-corrected chi connectivity index (χ0v) is 17.9. The maximum atomic E-state index is 11.8. The molecule has 0 unspecified atom stereocenters. The van der Waals surface area contributed by atoms with E-state index >= 15 is 0 Å². The number of aromatic hydroxyl groups is 2. The molecule has 28 heavy (non-hydrogen) atoms. The van der Waals surface area contributed by atoms with Gasteiger partial charge in [0.1, 0.15) is 11.3 Å². The standard InChI is InChI=1S/C23H38O5/c1-4-7-10-11-12-13-16-28-22-18(15-9-6-3)17(14-8-5-2)20(24)21(25)19(22)23(26)27/h24-25H,4-16H2,1-3H3,(H,26,27). The molecule has 3 N–H and O–H groups in total. The third kappa shape index (κ3) is 6.92. The molecule has 0 spiro atoms. The lowest BCUT2D eigenvalue weighted by molar-refractivity contribution is 0.0687. The minimum absolute atomic E-state index is 0.246. The number of rotatable bonds is 15. The summed E-state index contributed by atoms with van der Waals surface area (Å²) in [6.07, 6.45) is 11.5. The Hall–Kier alpha value is -1.91. The van der Waals surface area contributed by atoms with Crippen molar-refractivity contribution in [1.82, 2.24) is 0 Å². The van der Waals surface area contributed by atoms with Crippen molar-refractivity contribution in [3.05, 3.63) is 16.7 Å². The Labute approximate surface area is 169 Å². The van der Waals surface area contributed by atoms with Gasteiger partial charge in [0.25, 0.3) is 0 Å². The summed E-state index contributed by atoms with van der Waals surface area (Å²) >= 11 is 0. The number of carboxylic acid groups (broad SMARTS) is 1. The second kappa shape index (κ2) is 13.3. The molecule has 1 aromatic rings. The third-order valence-electron chi connectivity index (χ3n) is 5.13. The predicted molar refractivity (Wildman–Crippen MR) is 113 cm³/mol. The van der Waals surface area contributed by atoms with Crippen LogP contribution in [0.5, 0.6) is 17.2 Å². The van der Waals surface area contributed by atoms with E-state index in [2.05, 4.69) is 20.8 Å². The molecule has 5 nitrogen and oxygen atoms in total. The fourth-order valence-electron chi connectivity index (χ4n) is 3.45. The lowest BCUT2D eigenvalue weighted by Gasteiger charge is -2.21. The molecule has 0 heterocycles. The largest absolute Gasteiger partial charge is 0.504 e. The molecule has 0 radical (unpaired) electrons. The van der Waals surface area contributed by atoms with Gasteiger partial charge in [-0.2, -0.15) is 0 Å². The first kappa shape index (κ1) is 24.1. The summed E-state index contributed by atoms with van der Waals surface area (Å²) in [5, 5.41) is 30.5. The van der Waals surface area contributed by atoms with Gasteiger partial charge in [0.15, 0.2) is 11.5 Å². The molecule has 0 atom stereocenters. The molecule has 1 rings (SSSR count). The minimum Gasteiger partial charge on any atom is -0.504 e. The van der Waals surface area contributed by atoms with Gasteiger partial charge in [0, 0.05) is 11.1 Å². The molecule has 0 aliphatic carbocycles. The van der Waals surface area contributed by atoms with Gasteiger partial charge >= 0.3 is 5.97 Å². The highest BCUT2D eigenvalue weighted by atomic mass is 16.5. The van der Waals surface area contributed by atoms with E-state index in [9.17, 15) is 20.1 Å². The van der Waals surface area contributed by atoms with Crippen molar-refractivity contribution in [3.63, 3.8) is 0 Å². The molecule has 0 saturated heterocycles. The van der Waals surface area contributed by atoms with Crippen molar-refractivity contribution < 1.29 is 24.9 Å². The second-order valence-electron chi connectivity index (χ2n) is 7.49. The quantitative estimate of drug-likeness (QED) is 0.243. The molecule has 0 fully saturated rings. The third-order valence-corrected chi connectivity index (χ3v) is 5.13. The molecule has 0 saturated carbocycles. The van der Waals surface area contributed by atoms with Gasteiger partial charge in [-0.1, -0.05) is 65.7 Å². The van der Waals surface area contributed by atoms with E-state index in [4.69, 9.17) is 4.74 Å². The molecule has 1 aromatic carbocycles. The Kier molecular flexibility index (Phi) is 11.5. The summed E-state index contributed by atoms with van der Waals surface area (Å²) in [4.78, 5) is 11.8. The first-order valence-corrected chi connectivity index (χ1v) is 10.9. The Morgan fingerprint density at radius 3 is 1.86 bits per heavy atom. The first-order valence-electron chi connectivity index (χ1n) is 10.9. The highest BCUT2D eigenvalue weighted by Crippen LogP contribution is 2.44. The molecule has 0 aromatic heterocycles. The number of aromatic carboxylic acids is 1. The van der Waals surface area contributed by atoms with Crippen molar-refractivity contribution >= 4 is 5.97 Å². The van der Waals surface area contributed by atoms with Gasteiger partial charge in [0.05, 0.1) is 6.61 Å². The average molecular weight is 395 g/mol. The van der Waals surface area contributed by atoms with Crippen LogP contribution in [0, 0.1) is 0 Å². The van der Waals surface area contributed by atoms with E-state index in [0.717, 1.165) is 50.5 Å². The summed E-state index contributed by atoms with van der Waals surface area (Å²) in [6.45, 7) is 6.73. The second-order valence-corrected chi connectivity index (χ2v) is 7.49. The van der Waals surface area contributed by atoms with E-state index < -0.39 is 11.7 Å². The first-order chi connectivity index (χ1) is 13.5. The Balaban J connectivity index is 3.12. The minimum atomic E-state index is -1.27. The lowest BCUT2D eigenvalue weighted by atomic mass is 9.92. The monoisotopic (exact) mass is 394 g/mol. The van der Waals surface area contributed by atoms with Crippen LogP contribution in [0.2, 0.25) is 0 Å². The van der Waals surface area contributed by atoms with E-state index in [1.54, 1.807) is 0 Å². The van der Waals surface area contributed by atoms with Crippen LogP contribution in [0.3, 0.4) is 0 Å². The van der Waals surface area contributed by atoms with Crippen LogP contribution >= 0.6 is 0 Å². The van der Waals surface area contributed by atoms with Crippen molar-refractivity contribution in [2.24, 2.45) is 0 Å². The van der Waals surface area contributed by atoms with Crippen molar-refractivity contribution in [3.8, 4) is 17.2 Å². The van der Waals surface area contributed by atoms with E-state index in [0.29, 0.717) is 25.0 Å². The van der Waals surface area contributed by atoms with Crippen molar-refractivity contribution in [1.29, 1.82) is 0 Å². The summed E-state index contributed by atoms with van der Waals surface area (Å²) in [7, 11) is 0. The number of carbonyl (C=O) groups is 1. The van der Waals surface area contributed by atoms with Gasteiger partial charge in [0.2, 0.25) is 0 Å². The highest BCUT2D eigenvalue weighted by Gasteiger charge is 2.28. The molecular weight excluding hydrogens is 356 g/mol. The molecule has 5 heteroatoms. The Morgan fingerprint density at radius 1 is 0.750 bits per heavy atom. The fraction of sp³-hybridized carbons (Fsp3) is 0.696. The van der Waals surface area contributed by atoms with Gasteiger partial charge in [-0.3, -0.25) is 0 Å². The number of phenols is 2. The smallest absolute Gasteiger partial charge is 0.343 e. The summed E-state index contributed by atoms with van der Waals surface area (Å²) in [5.74, 6) is -1.90. The number of phenolic OH excluding ortho intramolecular Hbond substituents is 1. The molecular formula is C23H38O5. The fourth-order valence-corrected chi connectivity index (χ4v) is 3.45. The Bertz CT molecular complexity index is 610. The summed E-state index contributed by atoms with van der Waals surface area (Å²) < 4.78 is 5.94. The highest BCUT2D eigenvalue weighted by molar-refractivity contribution is 5.96. The van der Waals surface area contributed by atoms with Crippen LogP contribution < -0.4 is 4.74 Å². The van der Waals surface area contributed by atoms with Crippen LogP contribution in [0.15, 0.2) is 0 Å². The van der Waals surface area contributed by atoms with Crippen LogP contribution in [0.25, 0.3) is 0 Å². The van der Waals surface area contributed by atoms with E-state index in [1.165, 1.54) is 19.3 Å². The number of hydrogen-bond acceptors (Lipinski definition) is 4. The number of carboxylic acids is 1. The number of hydrogen-bond donors (Lipinski definition) is 3. The number of unbranched alkanes of at least 4 members (excludes halogenated alkanes) is 7. The maximum Gasteiger partial charge on any atom is 0.343 e. The number of ether oxygens (including phenoxy) is 1. The van der Waals surface area contributed by atoms with Crippen molar-refractivity contribution in [2.75, 3.05) is 6.61 Å². The topological polar surface area (TPSA) is 87.0 Å². The molecule has 0 bridgehead atoms. The average Bonchev–Trinajstić information content (AvgIpc) is 2.67. The Morgan fingerprint density at radius 2 is 1.29 bits per heavy atom. The van der Waals surface area contributed by atoms with Crippen LogP contribution in [-0.2, 0) is 12.8 Å². The summed E-state index contributed by atoms with van der Waals surface area (Å²) in [5.41, 5.74) is 1.07. The van der Waals surface area contributed by atoms with Crippen LogP contribution in [-0.4, -0.2) is 27.9 Å². The molecule has 0 aliphatic rings. The van der Waals surface area contributed by atoms with Crippen molar-refractivity contribution in [2.45, 2.75) is 97.8 Å². The van der Waals surface area contributed by atoms with Gasteiger partial charge in [-0.05, 0) is 32.1 Å². The zero-order chi connectivity index (χ0) is 20.9. The molecule has 160 valence electrons.